The number of fused-ring (bicyclic) bond motifs is 1. The molecule has 0 fully saturated rings. The van der Waals surface area contributed by atoms with E-state index in [1.807, 2.05) is 49.4 Å². The Bertz CT molecular complexity index is 908. The van der Waals surface area contributed by atoms with Crippen LogP contribution in [0.25, 0.3) is 10.8 Å². The van der Waals surface area contributed by atoms with E-state index in [4.69, 9.17) is 4.74 Å². The highest BCUT2D eigenvalue weighted by atomic mass is 32.1. The van der Waals surface area contributed by atoms with Gasteiger partial charge in [-0.15, -0.1) is 0 Å². The summed E-state index contributed by atoms with van der Waals surface area (Å²) in [6.45, 7) is 2.52. The van der Waals surface area contributed by atoms with E-state index in [0.29, 0.717) is 17.9 Å². The molecular weight excluding hydrogens is 310 g/mol. The molecule has 4 nitrogen and oxygen atoms in total. The van der Waals surface area contributed by atoms with Crippen LogP contribution in [0.5, 0.6) is 11.6 Å². The number of nitrogens with one attached hydrogen (secondary N) is 1. The summed E-state index contributed by atoms with van der Waals surface area (Å²) in [5, 5.41) is 11.9. The molecule has 3 aromatic rings. The number of allylic oxidation sites excluding steroid dienone is 1. The van der Waals surface area contributed by atoms with Crippen molar-refractivity contribution in [2.75, 3.05) is 6.61 Å². The molecule has 0 aliphatic rings. The van der Waals surface area contributed by atoms with E-state index < -0.39 is 0 Å². The second-order valence-electron chi connectivity index (χ2n) is 5.19. The zero-order chi connectivity index (χ0) is 16.2. The molecule has 0 aliphatic carbocycles. The third kappa shape index (κ3) is 3.63. The van der Waals surface area contributed by atoms with Crippen LogP contribution in [0.2, 0.25) is 0 Å². The molecule has 0 radical (unpaired) electrons. The number of hydrogen-bond donors (Lipinski definition) is 2. The molecule has 0 aliphatic heterocycles. The smallest absolute Gasteiger partial charge is 0.307 e. The maximum absolute atomic E-state index is 11.2. The van der Waals surface area contributed by atoms with Crippen molar-refractivity contribution in [3.63, 3.8) is 0 Å². The third-order valence-electron chi connectivity index (χ3n) is 3.52. The fourth-order valence-corrected chi connectivity index (χ4v) is 3.13. The fraction of sp³-hybridized carbons (Fsp3) is 0.167. The molecule has 0 amide bonds. The lowest BCUT2D eigenvalue weighted by Crippen LogP contribution is -1.93. The summed E-state index contributed by atoms with van der Waals surface area (Å²) in [6.07, 6.45) is 4.45. The molecule has 2 N–H and O–H groups in total. The number of hydrogen-bond acceptors (Lipinski definition) is 4. The Labute approximate surface area is 137 Å². The summed E-state index contributed by atoms with van der Waals surface area (Å²) in [5.74, 6) is 0.803. The first-order valence-electron chi connectivity index (χ1n) is 7.33. The first-order valence-corrected chi connectivity index (χ1v) is 8.15. The molecule has 23 heavy (non-hydrogen) atoms. The number of benzene rings is 2. The summed E-state index contributed by atoms with van der Waals surface area (Å²) >= 11 is 1.04. The minimum atomic E-state index is -0.235. The van der Waals surface area contributed by atoms with Gasteiger partial charge in [0.25, 0.3) is 0 Å². The van der Waals surface area contributed by atoms with Crippen LogP contribution in [0.1, 0.15) is 17.4 Å². The predicted molar refractivity (Wildman–Crippen MR) is 93.7 cm³/mol. The Morgan fingerprint density at radius 3 is 2.74 bits per heavy atom. The van der Waals surface area contributed by atoms with Crippen molar-refractivity contribution in [3.05, 3.63) is 68.7 Å². The summed E-state index contributed by atoms with van der Waals surface area (Å²) in [7, 11) is 0. The maximum Gasteiger partial charge on any atom is 0.307 e. The Kier molecular flexibility index (Phi) is 4.48. The largest absolute Gasteiger partial charge is 0.494 e. The van der Waals surface area contributed by atoms with Gasteiger partial charge in [-0.3, -0.25) is 9.78 Å². The summed E-state index contributed by atoms with van der Waals surface area (Å²) in [4.78, 5) is 14.1. The molecule has 0 saturated carbocycles. The highest BCUT2D eigenvalue weighted by molar-refractivity contribution is 7.09. The average Bonchev–Trinajstić information content (AvgIpc) is 2.85. The number of thiazole rings is 1. The van der Waals surface area contributed by atoms with Crippen molar-refractivity contribution in [2.45, 2.75) is 13.3 Å². The first kappa shape index (κ1) is 15.4. The van der Waals surface area contributed by atoms with E-state index in [0.717, 1.165) is 33.4 Å². The maximum atomic E-state index is 11.2. The minimum absolute atomic E-state index is 0.0344. The minimum Gasteiger partial charge on any atom is -0.494 e. The molecule has 3 rings (SSSR count). The van der Waals surface area contributed by atoms with Crippen molar-refractivity contribution in [2.24, 2.45) is 0 Å². The summed E-state index contributed by atoms with van der Waals surface area (Å²) in [5.41, 5.74) is 1.05. The van der Waals surface area contributed by atoms with Gasteiger partial charge in [-0.2, -0.15) is 0 Å². The highest BCUT2D eigenvalue weighted by Crippen LogP contribution is 2.25. The van der Waals surface area contributed by atoms with E-state index in [2.05, 4.69) is 11.1 Å². The number of ether oxygens (including phenoxy) is 1. The number of aromatic nitrogens is 1. The van der Waals surface area contributed by atoms with Crippen LogP contribution in [0.3, 0.4) is 0 Å². The van der Waals surface area contributed by atoms with Gasteiger partial charge in [0.1, 0.15) is 12.4 Å². The van der Waals surface area contributed by atoms with Crippen molar-refractivity contribution < 1.29 is 9.84 Å². The van der Waals surface area contributed by atoms with Gasteiger partial charge in [0, 0.05) is 6.42 Å². The molecule has 0 saturated heterocycles. The van der Waals surface area contributed by atoms with Gasteiger partial charge >= 0.3 is 4.87 Å². The van der Waals surface area contributed by atoms with Crippen LogP contribution in [-0.2, 0) is 6.42 Å². The van der Waals surface area contributed by atoms with Crippen molar-refractivity contribution in [3.8, 4) is 11.6 Å². The van der Waals surface area contributed by atoms with Gasteiger partial charge in [0.05, 0.1) is 4.88 Å². The zero-order valence-electron chi connectivity index (χ0n) is 12.7. The first-order chi connectivity index (χ1) is 11.2. The lowest BCUT2D eigenvalue weighted by atomic mass is 10.0. The van der Waals surface area contributed by atoms with E-state index in [1.54, 1.807) is 0 Å². The number of rotatable bonds is 5. The highest BCUT2D eigenvalue weighted by Gasteiger charge is 2.08. The summed E-state index contributed by atoms with van der Waals surface area (Å²) in [6, 6.07) is 12.1. The molecule has 0 unspecified atom stereocenters. The van der Waals surface area contributed by atoms with Crippen LogP contribution in [0.15, 0.2) is 53.3 Å². The van der Waals surface area contributed by atoms with Gasteiger partial charge < -0.3 is 9.84 Å². The predicted octanol–water partition coefficient (Wildman–Crippen LogP) is 3.84. The van der Waals surface area contributed by atoms with Crippen LogP contribution in [-0.4, -0.2) is 16.7 Å². The molecule has 0 spiro atoms. The molecular formula is C18H17NO3S. The second-order valence-corrected chi connectivity index (χ2v) is 6.25. The zero-order valence-corrected chi connectivity index (χ0v) is 13.5. The quantitative estimate of drug-likeness (QED) is 0.700. The van der Waals surface area contributed by atoms with E-state index >= 15 is 0 Å². The van der Waals surface area contributed by atoms with Gasteiger partial charge in [0.2, 0.25) is 5.88 Å². The summed E-state index contributed by atoms with van der Waals surface area (Å²) < 4.78 is 5.64. The van der Waals surface area contributed by atoms with E-state index in [9.17, 15) is 9.90 Å². The van der Waals surface area contributed by atoms with Gasteiger partial charge in [-0.1, -0.05) is 47.8 Å². The van der Waals surface area contributed by atoms with E-state index in [-0.39, 0.29) is 10.8 Å². The van der Waals surface area contributed by atoms with Gasteiger partial charge in [-0.05, 0) is 35.4 Å². The van der Waals surface area contributed by atoms with Gasteiger partial charge in [-0.25, -0.2) is 0 Å². The van der Waals surface area contributed by atoms with Crippen LogP contribution >= 0.6 is 11.3 Å². The van der Waals surface area contributed by atoms with Crippen molar-refractivity contribution in [1.29, 1.82) is 0 Å². The Balaban J connectivity index is 1.83. The van der Waals surface area contributed by atoms with Crippen LogP contribution < -0.4 is 9.61 Å². The Hall–Kier alpha value is -2.53. The number of H-pyrrole nitrogens is 1. The lowest BCUT2D eigenvalue weighted by molar-refractivity contribution is 0.363. The topological polar surface area (TPSA) is 62.3 Å². The number of aromatic hydroxyl groups is 1. The lowest BCUT2D eigenvalue weighted by Gasteiger charge is -2.07. The molecule has 0 atom stereocenters. The van der Waals surface area contributed by atoms with E-state index in [1.165, 1.54) is 0 Å². The third-order valence-corrected chi connectivity index (χ3v) is 4.39. The van der Waals surface area contributed by atoms with Gasteiger partial charge in [0.15, 0.2) is 0 Å². The number of aromatic amines is 1. The van der Waals surface area contributed by atoms with Crippen molar-refractivity contribution in [1.82, 2.24) is 4.98 Å². The van der Waals surface area contributed by atoms with Crippen LogP contribution in [0, 0.1) is 0 Å². The van der Waals surface area contributed by atoms with Crippen LogP contribution in [0.4, 0.5) is 0 Å². The SMILES string of the molecule is CC=CCOc1ccc2cc(Cc3sc(=O)[nH]c3O)ccc2c1. The molecule has 1 aromatic heterocycles. The fourth-order valence-electron chi connectivity index (χ4n) is 2.37. The molecule has 2 aromatic carbocycles. The molecule has 5 heteroatoms. The Morgan fingerprint density at radius 2 is 2.00 bits per heavy atom. The normalized spacial score (nSPS) is 11.3. The second kappa shape index (κ2) is 6.71. The Morgan fingerprint density at radius 1 is 1.22 bits per heavy atom. The van der Waals surface area contributed by atoms with Crippen molar-refractivity contribution >= 4 is 22.1 Å². The standard InChI is InChI=1S/C18H17NO3S/c1-2-3-8-22-15-7-6-13-9-12(4-5-14(13)11-15)10-16-17(20)19-18(21)23-16/h2-7,9,11,20H,8,10H2,1H3,(H,19,21). The molecule has 1 heterocycles. The average molecular weight is 327 g/mol. The molecule has 0 bridgehead atoms. The monoisotopic (exact) mass is 327 g/mol. The molecule has 118 valence electrons.